The zero-order valence-corrected chi connectivity index (χ0v) is 10.8. The maximum atomic E-state index is 5.37. The smallest absolute Gasteiger partial charge is 0.142 e. The lowest BCUT2D eigenvalue weighted by Crippen LogP contribution is -2.11. The first kappa shape index (κ1) is 12.2. The molecule has 0 aliphatic rings. The summed E-state index contributed by atoms with van der Waals surface area (Å²) in [6.45, 7) is 0. The molecular weight excluding hydrogens is 226 g/mol. The summed E-state index contributed by atoms with van der Waals surface area (Å²) < 4.78 is 5.37. The molecule has 1 heterocycles. The molecule has 0 saturated carbocycles. The third-order valence-corrected chi connectivity index (χ3v) is 2.83. The molecule has 0 bridgehead atoms. The standard InChI is InChI=1S/C14H17N3O/c1-15-14-10-11(8-9-16-14)17(2)12-6-4-5-7-13(12)18-3/h4-10H,1-3H3,(H,15,16). The van der Waals surface area contributed by atoms with Gasteiger partial charge in [-0.05, 0) is 18.2 Å². The number of hydrogen-bond acceptors (Lipinski definition) is 4. The summed E-state index contributed by atoms with van der Waals surface area (Å²) in [4.78, 5) is 6.28. The van der Waals surface area contributed by atoms with Crippen molar-refractivity contribution in [2.24, 2.45) is 0 Å². The Morgan fingerprint density at radius 1 is 1.22 bits per heavy atom. The van der Waals surface area contributed by atoms with E-state index in [1.807, 2.05) is 50.5 Å². The Kier molecular flexibility index (Phi) is 3.67. The highest BCUT2D eigenvalue weighted by Crippen LogP contribution is 2.32. The van der Waals surface area contributed by atoms with Crippen LogP contribution < -0.4 is 15.0 Å². The minimum atomic E-state index is 0.842. The quantitative estimate of drug-likeness (QED) is 0.896. The Bertz CT molecular complexity index is 528. The van der Waals surface area contributed by atoms with Gasteiger partial charge in [0, 0.05) is 32.0 Å². The molecule has 0 amide bonds. The van der Waals surface area contributed by atoms with Crippen molar-refractivity contribution in [3.8, 4) is 5.75 Å². The van der Waals surface area contributed by atoms with Crippen LogP contribution in [0.4, 0.5) is 17.2 Å². The zero-order valence-electron chi connectivity index (χ0n) is 10.8. The lowest BCUT2D eigenvalue weighted by molar-refractivity contribution is 0.415. The minimum absolute atomic E-state index is 0.842. The summed E-state index contributed by atoms with van der Waals surface area (Å²) in [5.74, 6) is 1.69. The van der Waals surface area contributed by atoms with Gasteiger partial charge >= 0.3 is 0 Å². The third kappa shape index (κ3) is 2.37. The Hall–Kier alpha value is -2.23. The summed E-state index contributed by atoms with van der Waals surface area (Å²) in [6, 6.07) is 11.9. The van der Waals surface area contributed by atoms with Gasteiger partial charge in [-0.2, -0.15) is 0 Å². The van der Waals surface area contributed by atoms with E-state index in [1.54, 1.807) is 13.3 Å². The van der Waals surface area contributed by atoms with Crippen LogP contribution in [0.2, 0.25) is 0 Å². The van der Waals surface area contributed by atoms with Crippen LogP contribution in [0.25, 0.3) is 0 Å². The Morgan fingerprint density at radius 3 is 2.72 bits per heavy atom. The summed E-state index contributed by atoms with van der Waals surface area (Å²) in [6.07, 6.45) is 1.78. The van der Waals surface area contributed by atoms with Gasteiger partial charge in [0.25, 0.3) is 0 Å². The van der Waals surface area contributed by atoms with Crippen molar-refractivity contribution < 1.29 is 4.74 Å². The zero-order chi connectivity index (χ0) is 13.0. The molecule has 0 aliphatic carbocycles. The van der Waals surface area contributed by atoms with E-state index in [-0.39, 0.29) is 0 Å². The Balaban J connectivity index is 2.37. The number of nitrogens with one attached hydrogen (secondary N) is 1. The van der Waals surface area contributed by atoms with Crippen LogP contribution in [0, 0.1) is 0 Å². The van der Waals surface area contributed by atoms with Crippen LogP contribution >= 0.6 is 0 Å². The molecule has 1 aromatic carbocycles. The number of hydrogen-bond donors (Lipinski definition) is 1. The second-order valence-electron chi connectivity index (χ2n) is 3.88. The number of nitrogens with zero attached hydrogens (tertiary/aromatic N) is 2. The van der Waals surface area contributed by atoms with Crippen LogP contribution in [0.15, 0.2) is 42.6 Å². The number of pyridine rings is 1. The first-order chi connectivity index (χ1) is 8.76. The highest BCUT2D eigenvalue weighted by Gasteiger charge is 2.09. The fraction of sp³-hybridized carbons (Fsp3) is 0.214. The first-order valence-corrected chi connectivity index (χ1v) is 5.77. The van der Waals surface area contributed by atoms with Crippen molar-refractivity contribution in [3.05, 3.63) is 42.6 Å². The molecule has 2 rings (SSSR count). The topological polar surface area (TPSA) is 37.4 Å². The third-order valence-electron chi connectivity index (χ3n) is 2.83. The van der Waals surface area contributed by atoms with Crippen molar-refractivity contribution in [2.45, 2.75) is 0 Å². The van der Waals surface area contributed by atoms with Crippen LogP contribution in [-0.4, -0.2) is 26.2 Å². The van der Waals surface area contributed by atoms with Gasteiger partial charge in [0.15, 0.2) is 0 Å². The lowest BCUT2D eigenvalue weighted by Gasteiger charge is -2.22. The van der Waals surface area contributed by atoms with Crippen LogP contribution in [0.5, 0.6) is 5.75 Å². The van der Waals surface area contributed by atoms with E-state index >= 15 is 0 Å². The van der Waals surface area contributed by atoms with E-state index in [1.165, 1.54) is 0 Å². The van der Waals surface area contributed by atoms with Crippen LogP contribution in [0.3, 0.4) is 0 Å². The van der Waals surface area contributed by atoms with Crippen LogP contribution in [-0.2, 0) is 0 Å². The number of ether oxygens (including phenoxy) is 1. The van der Waals surface area contributed by atoms with E-state index in [9.17, 15) is 0 Å². The second-order valence-corrected chi connectivity index (χ2v) is 3.88. The van der Waals surface area contributed by atoms with E-state index in [0.717, 1.165) is 22.9 Å². The molecule has 4 nitrogen and oxygen atoms in total. The highest BCUT2D eigenvalue weighted by molar-refractivity contribution is 5.69. The van der Waals surface area contributed by atoms with Crippen molar-refractivity contribution >= 4 is 17.2 Å². The van der Waals surface area contributed by atoms with E-state index in [0.29, 0.717) is 0 Å². The van der Waals surface area contributed by atoms with E-state index in [2.05, 4.69) is 15.2 Å². The monoisotopic (exact) mass is 243 g/mol. The average molecular weight is 243 g/mol. The van der Waals surface area contributed by atoms with Gasteiger partial charge in [0.05, 0.1) is 12.8 Å². The van der Waals surface area contributed by atoms with E-state index < -0.39 is 0 Å². The molecule has 0 atom stereocenters. The number of methoxy groups -OCH3 is 1. The summed E-state index contributed by atoms with van der Waals surface area (Å²) >= 11 is 0. The fourth-order valence-corrected chi connectivity index (χ4v) is 1.81. The van der Waals surface area contributed by atoms with Crippen molar-refractivity contribution in [3.63, 3.8) is 0 Å². The Labute approximate surface area is 107 Å². The molecule has 0 radical (unpaired) electrons. The van der Waals surface area contributed by atoms with E-state index in [4.69, 9.17) is 4.74 Å². The number of para-hydroxylation sites is 2. The summed E-state index contributed by atoms with van der Waals surface area (Å²) in [5.41, 5.74) is 2.08. The average Bonchev–Trinajstić information content (AvgIpc) is 2.46. The molecule has 0 fully saturated rings. The summed E-state index contributed by atoms with van der Waals surface area (Å²) in [5, 5.41) is 3.03. The second kappa shape index (κ2) is 5.40. The van der Waals surface area contributed by atoms with Gasteiger partial charge in [0.2, 0.25) is 0 Å². The van der Waals surface area contributed by atoms with Gasteiger partial charge in [-0.25, -0.2) is 4.98 Å². The van der Waals surface area contributed by atoms with Gasteiger partial charge in [-0.15, -0.1) is 0 Å². The lowest BCUT2D eigenvalue weighted by atomic mass is 10.2. The molecule has 18 heavy (non-hydrogen) atoms. The molecule has 94 valence electrons. The highest BCUT2D eigenvalue weighted by atomic mass is 16.5. The summed E-state index contributed by atoms with van der Waals surface area (Å²) in [7, 11) is 5.54. The number of aromatic nitrogens is 1. The van der Waals surface area contributed by atoms with Gasteiger partial charge in [0.1, 0.15) is 11.6 Å². The van der Waals surface area contributed by atoms with Gasteiger partial charge in [-0.3, -0.25) is 0 Å². The van der Waals surface area contributed by atoms with Gasteiger partial charge in [-0.1, -0.05) is 12.1 Å². The maximum Gasteiger partial charge on any atom is 0.142 e. The minimum Gasteiger partial charge on any atom is -0.495 e. The predicted molar refractivity (Wildman–Crippen MR) is 74.8 cm³/mol. The molecule has 0 aliphatic heterocycles. The molecule has 0 spiro atoms. The first-order valence-electron chi connectivity index (χ1n) is 5.77. The number of rotatable bonds is 4. The van der Waals surface area contributed by atoms with Crippen molar-refractivity contribution in [1.82, 2.24) is 4.98 Å². The Morgan fingerprint density at radius 2 is 2.00 bits per heavy atom. The predicted octanol–water partition coefficient (Wildman–Crippen LogP) is 2.90. The SMILES string of the molecule is CNc1cc(N(C)c2ccccc2OC)ccn1. The van der Waals surface area contributed by atoms with Crippen LogP contribution in [0.1, 0.15) is 0 Å². The number of anilines is 3. The number of benzene rings is 1. The molecular formula is C14H17N3O. The molecule has 0 saturated heterocycles. The molecule has 1 N–H and O–H groups in total. The largest absolute Gasteiger partial charge is 0.495 e. The molecule has 0 unspecified atom stereocenters. The molecule has 2 aromatic rings. The van der Waals surface area contributed by atoms with Crippen molar-refractivity contribution in [2.75, 3.05) is 31.4 Å². The van der Waals surface area contributed by atoms with Gasteiger partial charge < -0.3 is 15.0 Å². The normalized spacial score (nSPS) is 9.94. The molecule has 1 aromatic heterocycles. The fourth-order valence-electron chi connectivity index (χ4n) is 1.81. The molecule has 4 heteroatoms. The maximum absolute atomic E-state index is 5.37. The van der Waals surface area contributed by atoms with Crippen molar-refractivity contribution in [1.29, 1.82) is 0 Å².